The van der Waals surface area contributed by atoms with E-state index in [2.05, 4.69) is 4.98 Å². The molecule has 0 amide bonds. The van der Waals surface area contributed by atoms with E-state index in [0.29, 0.717) is 5.56 Å². The van der Waals surface area contributed by atoms with Gasteiger partial charge in [0.2, 0.25) is 0 Å². The van der Waals surface area contributed by atoms with Crippen LogP contribution in [0.1, 0.15) is 5.56 Å². The predicted octanol–water partition coefficient (Wildman–Crippen LogP) is 0.210. The van der Waals surface area contributed by atoms with Crippen molar-refractivity contribution in [1.82, 2.24) is 9.88 Å². The molecule has 0 aliphatic rings. The Morgan fingerprint density at radius 1 is 1.06 bits per heavy atom. The first-order valence-corrected chi connectivity index (χ1v) is 5.68. The molecule has 0 atom stereocenters. The number of likely N-dealkylation sites (N-methyl/N-ethyl adjacent to an activating group) is 1. The van der Waals surface area contributed by atoms with Gasteiger partial charge in [0.25, 0.3) is 0 Å². The zero-order chi connectivity index (χ0) is 13.6. The van der Waals surface area contributed by atoms with Gasteiger partial charge in [0.05, 0.1) is 31.4 Å². The van der Waals surface area contributed by atoms with Crippen LogP contribution in [-0.2, 0) is 5.21 Å². The van der Waals surface area contributed by atoms with E-state index in [9.17, 15) is 0 Å². The third-order valence-corrected chi connectivity index (χ3v) is 3.44. The number of H-pyrrole nitrogens is 1. The van der Waals surface area contributed by atoms with Crippen LogP contribution in [0.25, 0.3) is 10.9 Å². The second-order valence-electron chi connectivity index (χ2n) is 4.84. The minimum atomic E-state index is -1.38. The summed E-state index contributed by atoms with van der Waals surface area (Å²) in [5, 5.41) is -1.82. The highest BCUT2D eigenvalue weighted by Gasteiger charge is 2.38. The number of nitrogens with one attached hydrogen (secondary N) is 1. The minimum Gasteiger partial charge on any atom is -0.361 e. The maximum absolute atomic E-state index is 6.19. The van der Waals surface area contributed by atoms with E-state index >= 15 is 0 Å². The van der Waals surface area contributed by atoms with Crippen LogP contribution >= 0.6 is 0 Å². The van der Waals surface area contributed by atoms with Gasteiger partial charge in [-0.3, -0.25) is 0 Å². The minimum absolute atomic E-state index is 0.691. The van der Waals surface area contributed by atoms with Gasteiger partial charge in [-0.05, 0) is 25.7 Å². The Hall–Kier alpha value is -1.02. The van der Waals surface area contributed by atoms with Crippen molar-refractivity contribution in [2.45, 2.75) is 10.6 Å². The molecular formula is C12H12B4N2. The molecule has 2 nitrogen and oxygen atoms in total. The molecule has 0 saturated heterocycles. The van der Waals surface area contributed by atoms with Crippen LogP contribution in [0.2, 0.25) is 0 Å². The molecule has 1 heterocycles. The Morgan fingerprint density at radius 2 is 1.67 bits per heavy atom. The normalized spacial score (nSPS) is 13.3. The van der Waals surface area contributed by atoms with Gasteiger partial charge in [-0.25, -0.2) is 0 Å². The Morgan fingerprint density at radius 3 is 2.28 bits per heavy atom. The zero-order valence-corrected chi connectivity index (χ0v) is 10.6. The standard InChI is InChI=1S/C12H12B4N2/c1-18(2)12(15,16)11(13,14)9-7-17-10-6-4-3-5-8(9)10/h3-7,17H,1-2H3. The number of benzene rings is 1. The fourth-order valence-electron chi connectivity index (χ4n) is 2.00. The molecule has 8 radical (unpaired) electrons. The Kier molecular flexibility index (Phi) is 3.18. The Balaban J connectivity index is 2.60. The number of aromatic nitrogens is 1. The second kappa shape index (κ2) is 4.27. The third-order valence-electron chi connectivity index (χ3n) is 3.44. The van der Waals surface area contributed by atoms with Crippen LogP contribution < -0.4 is 0 Å². The molecule has 0 unspecified atom stereocenters. The monoisotopic (exact) mass is 228 g/mol. The Labute approximate surface area is 113 Å². The summed E-state index contributed by atoms with van der Waals surface area (Å²) < 4.78 is 0. The van der Waals surface area contributed by atoms with Crippen LogP contribution in [0.3, 0.4) is 0 Å². The summed E-state index contributed by atoms with van der Waals surface area (Å²) >= 11 is 0. The molecule has 0 saturated carbocycles. The quantitative estimate of drug-likeness (QED) is 0.743. The molecule has 0 bridgehead atoms. The zero-order valence-electron chi connectivity index (χ0n) is 10.6. The predicted molar refractivity (Wildman–Crippen MR) is 79.4 cm³/mol. The smallest absolute Gasteiger partial charge is 0.0815 e. The lowest BCUT2D eigenvalue weighted by Gasteiger charge is -2.49. The molecule has 0 aliphatic carbocycles. The number of hydrogen-bond acceptors (Lipinski definition) is 1. The first-order chi connectivity index (χ1) is 8.28. The van der Waals surface area contributed by atoms with Crippen molar-refractivity contribution in [3.63, 3.8) is 0 Å². The molecule has 0 spiro atoms. The number of fused-ring (bicyclic) bond motifs is 1. The fraction of sp³-hybridized carbons (Fsp3) is 0.333. The molecule has 2 aromatic rings. The summed E-state index contributed by atoms with van der Waals surface area (Å²) in [6, 6.07) is 7.72. The maximum atomic E-state index is 6.19. The number of hydrogen-bond donors (Lipinski definition) is 1. The number of rotatable bonds is 3. The molecule has 82 valence electrons. The fourth-order valence-corrected chi connectivity index (χ4v) is 2.00. The lowest BCUT2D eigenvalue weighted by atomic mass is 9.31. The maximum Gasteiger partial charge on any atom is 0.0815 e. The van der Waals surface area contributed by atoms with Crippen LogP contribution in [-0.4, -0.2) is 60.7 Å². The Bertz CT molecular complexity index is 560. The van der Waals surface area contributed by atoms with Crippen molar-refractivity contribution in [3.8, 4) is 0 Å². The molecule has 1 aromatic heterocycles. The van der Waals surface area contributed by atoms with Crippen molar-refractivity contribution in [2.75, 3.05) is 14.1 Å². The van der Waals surface area contributed by atoms with Crippen LogP contribution in [0.5, 0.6) is 0 Å². The average Bonchev–Trinajstić information content (AvgIpc) is 2.72. The van der Waals surface area contributed by atoms with E-state index in [0.717, 1.165) is 10.9 Å². The van der Waals surface area contributed by atoms with E-state index in [1.54, 1.807) is 25.2 Å². The van der Waals surface area contributed by atoms with E-state index in [1.807, 2.05) is 24.3 Å². The molecule has 1 N–H and O–H groups in total. The van der Waals surface area contributed by atoms with Crippen molar-refractivity contribution in [3.05, 3.63) is 36.0 Å². The average molecular weight is 227 g/mol. The van der Waals surface area contributed by atoms with Crippen molar-refractivity contribution in [1.29, 1.82) is 0 Å². The second-order valence-corrected chi connectivity index (χ2v) is 4.84. The molecule has 0 fully saturated rings. The summed E-state index contributed by atoms with van der Waals surface area (Å²) in [6.45, 7) is 0. The number of nitrogens with zero attached hydrogens (tertiary/aromatic N) is 1. The molecule has 18 heavy (non-hydrogen) atoms. The van der Waals surface area contributed by atoms with E-state index in [-0.39, 0.29) is 0 Å². The van der Waals surface area contributed by atoms with Gasteiger partial charge in [0.15, 0.2) is 0 Å². The van der Waals surface area contributed by atoms with Crippen LogP contribution in [0.4, 0.5) is 0 Å². The highest BCUT2D eigenvalue weighted by Crippen LogP contribution is 2.33. The summed E-state index contributed by atoms with van der Waals surface area (Å²) in [6.07, 6.45) is 1.75. The van der Waals surface area contributed by atoms with Crippen molar-refractivity contribution >= 4 is 42.3 Å². The number of para-hydroxylation sites is 1. The van der Waals surface area contributed by atoms with Crippen molar-refractivity contribution < 1.29 is 0 Å². The van der Waals surface area contributed by atoms with Gasteiger partial charge in [0, 0.05) is 17.1 Å². The van der Waals surface area contributed by atoms with Crippen LogP contribution in [0.15, 0.2) is 30.5 Å². The van der Waals surface area contributed by atoms with Gasteiger partial charge < -0.3 is 9.88 Å². The highest BCUT2D eigenvalue weighted by atomic mass is 15.1. The first-order valence-electron chi connectivity index (χ1n) is 5.68. The molecule has 0 aliphatic heterocycles. The largest absolute Gasteiger partial charge is 0.361 e. The van der Waals surface area contributed by atoms with Gasteiger partial charge in [-0.15, -0.1) is 0 Å². The van der Waals surface area contributed by atoms with E-state index in [1.165, 1.54) is 0 Å². The van der Waals surface area contributed by atoms with Gasteiger partial charge in [-0.1, -0.05) is 28.8 Å². The van der Waals surface area contributed by atoms with Gasteiger partial charge in [-0.2, -0.15) is 0 Å². The molecular weight excluding hydrogens is 215 g/mol. The molecule has 6 heteroatoms. The lowest BCUT2D eigenvalue weighted by Crippen LogP contribution is -2.62. The van der Waals surface area contributed by atoms with Crippen LogP contribution in [0, 0.1) is 0 Å². The first kappa shape index (κ1) is 13.4. The molecule has 2 rings (SSSR count). The SMILES string of the molecule is [B]C([B])(c1c[nH]c2ccccc12)C([B])([B])N(C)C. The third kappa shape index (κ3) is 1.83. The summed E-state index contributed by atoms with van der Waals surface area (Å²) in [4.78, 5) is 4.72. The summed E-state index contributed by atoms with van der Waals surface area (Å²) in [7, 11) is 28.0. The number of aromatic amines is 1. The van der Waals surface area contributed by atoms with Gasteiger partial charge >= 0.3 is 0 Å². The highest BCUT2D eigenvalue weighted by molar-refractivity contribution is 6.54. The molecule has 1 aromatic carbocycles. The topological polar surface area (TPSA) is 19.0 Å². The van der Waals surface area contributed by atoms with Gasteiger partial charge in [0.1, 0.15) is 0 Å². The summed E-state index contributed by atoms with van der Waals surface area (Å²) in [5.74, 6) is 0. The van der Waals surface area contributed by atoms with E-state index in [4.69, 9.17) is 31.4 Å². The lowest BCUT2D eigenvalue weighted by molar-refractivity contribution is 0.310. The van der Waals surface area contributed by atoms with E-state index < -0.39 is 10.6 Å². The van der Waals surface area contributed by atoms with Crippen molar-refractivity contribution in [2.24, 2.45) is 0 Å². The summed E-state index contributed by atoms with van der Waals surface area (Å²) in [5.41, 5.74) is 1.64.